The van der Waals surface area contributed by atoms with E-state index < -0.39 is 6.29 Å². The lowest BCUT2D eigenvalue weighted by Crippen LogP contribution is -2.18. The van der Waals surface area contributed by atoms with Crippen LogP contribution in [0.4, 0.5) is 0 Å². The molecule has 0 aromatic rings. The highest BCUT2D eigenvalue weighted by atomic mass is 16.6. The second-order valence-corrected chi connectivity index (χ2v) is 4.12. The van der Waals surface area contributed by atoms with Gasteiger partial charge in [0.15, 0.2) is 6.29 Å². The summed E-state index contributed by atoms with van der Waals surface area (Å²) < 4.78 is 5.12. The molecule has 0 radical (unpaired) electrons. The van der Waals surface area contributed by atoms with Gasteiger partial charge in [-0.15, -0.1) is 0 Å². The average molecular weight is 172 g/mol. The van der Waals surface area contributed by atoms with E-state index in [2.05, 4.69) is 0 Å². The molecule has 1 heterocycles. The van der Waals surface area contributed by atoms with Crippen molar-refractivity contribution >= 4 is 0 Å². The van der Waals surface area contributed by atoms with Crippen LogP contribution in [-0.4, -0.2) is 29.2 Å². The van der Waals surface area contributed by atoms with Crippen molar-refractivity contribution in [3.8, 4) is 0 Å². The molecule has 0 aromatic heterocycles. The summed E-state index contributed by atoms with van der Waals surface area (Å²) in [5.41, 5.74) is 0. The first kappa shape index (κ1) is 8.48. The molecule has 3 nitrogen and oxygen atoms in total. The van der Waals surface area contributed by atoms with Gasteiger partial charge in [-0.2, -0.15) is 0 Å². The second-order valence-electron chi connectivity index (χ2n) is 4.12. The van der Waals surface area contributed by atoms with Gasteiger partial charge in [0.1, 0.15) is 0 Å². The standard InChI is InChI=1S/C9H16O3/c1-5(10)6-2-7-4-12-9(11)8(7)3-6/h5-11H,2-4H2,1H3. The Morgan fingerprint density at radius 2 is 2.17 bits per heavy atom. The summed E-state index contributed by atoms with van der Waals surface area (Å²) >= 11 is 0. The van der Waals surface area contributed by atoms with E-state index in [9.17, 15) is 10.2 Å². The molecule has 5 atom stereocenters. The number of aliphatic hydroxyl groups is 2. The Labute approximate surface area is 72.3 Å². The van der Waals surface area contributed by atoms with Crippen molar-refractivity contribution in [3.05, 3.63) is 0 Å². The van der Waals surface area contributed by atoms with Crippen molar-refractivity contribution < 1.29 is 14.9 Å². The summed E-state index contributed by atoms with van der Waals surface area (Å²) in [6.45, 7) is 2.51. The molecular formula is C9H16O3. The van der Waals surface area contributed by atoms with Gasteiger partial charge in [0, 0.05) is 5.92 Å². The molecule has 0 spiro atoms. The molecule has 12 heavy (non-hydrogen) atoms. The van der Waals surface area contributed by atoms with Gasteiger partial charge in [0.05, 0.1) is 12.7 Å². The van der Waals surface area contributed by atoms with Crippen LogP contribution >= 0.6 is 0 Å². The quantitative estimate of drug-likeness (QED) is 0.600. The zero-order chi connectivity index (χ0) is 8.72. The number of rotatable bonds is 1. The zero-order valence-corrected chi connectivity index (χ0v) is 7.31. The van der Waals surface area contributed by atoms with E-state index in [0.29, 0.717) is 18.4 Å². The largest absolute Gasteiger partial charge is 0.393 e. The van der Waals surface area contributed by atoms with Crippen molar-refractivity contribution in [2.75, 3.05) is 6.61 Å². The van der Waals surface area contributed by atoms with E-state index in [1.807, 2.05) is 6.92 Å². The minimum absolute atomic E-state index is 0.234. The molecular weight excluding hydrogens is 156 g/mol. The van der Waals surface area contributed by atoms with E-state index in [4.69, 9.17) is 4.74 Å². The highest BCUT2D eigenvalue weighted by Gasteiger charge is 2.44. The van der Waals surface area contributed by atoms with E-state index in [1.54, 1.807) is 0 Å². The van der Waals surface area contributed by atoms with Gasteiger partial charge in [0.2, 0.25) is 0 Å². The Kier molecular flexibility index (Phi) is 2.10. The maximum atomic E-state index is 9.40. The minimum atomic E-state index is -0.571. The number of ether oxygens (including phenoxy) is 1. The highest BCUT2D eigenvalue weighted by molar-refractivity contribution is 4.90. The Morgan fingerprint density at radius 1 is 1.42 bits per heavy atom. The molecule has 2 N–H and O–H groups in total. The maximum Gasteiger partial charge on any atom is 0.157 e. The average Bonchev–Trinajstić information content (AvgIpc) is 2.53. The third kappa shape index (κ3) is 1.26. The fraction of sp³-hybridized carbons (Fsp3) is 1.00. The fourth-order valence-electron chi connectivity index (χ4n) is 2.48. The number of hydrogen-bond donors (Lipinski definition) is 2. The van der Waals surface area contributed by atoms with Gasteiger partial charge in [-0.1, -0.05) is 0 Å². The van der Waals surface area contributed by atoms with Crippen molar-refractivity contribution in [3.63, 3.8) is 0 Å². The first-order valence-electron chi connectivity index (χ1n) is 4.66. The monoisotopic (exact) mass is 172 g/mol. The number of fused-ring (bicyclic) bond motifs is 1. The smallest absolute Gasteiger partial charge is 0.157 e. The van der Waals surface area contributed by atoms with Crippen LogP contribution in [0, 0.1) is 17.8 Å². The highest BCUT2D eigenvalue weighted by Crippen LogP contribution is 2.44. The molecule has 1 saturated heterocycles. The first-order chi connectivity index (χ1) is 5.68. The molecule has 2 aliphatic rings. The van der Waals surface area contributed by atoms with Crippen molar-refractivity contribution in [2.24, 2.45) is 17.8 Å². The van der Waals surface area contributed by atoms with E-state index in [0.717, 1.165) is 12.8 Å². The van der Waals surface area contributed by atoms with Gasteiger partial charge in [-0.05, 0) is 31.6 Å². The van der Waals surface area contributed by atoms with Crippen molar-refractivity contribution in [1.29, 1.82) is 0 Å². The molecule has 2 fully saturated rings. The third-order valence-electron chi connectivity index (χ3n) is 3.32. The van der Waals surface area contributed by atoms with E-state index in [-0.39, 0.29) is 12.0 Å². The fourth-order valence-corrected chi connectivity index (χ4v) is 2.48. The van der Waals surface area contributed by atoms with Crippen LogP contribution in [0.15, 0.2) is 0 Å². The molecule has 1 saturated carbocycles. The lowest BCUT2D eigenvalue weighted by atomic mass is 9.99. The molecule has 0 amide bonds. The van der Waals surface area contributed by atoms with Gasteiger partial charge < -0.3 is 14.9 Å². The van der Waals surface area contributed by atoms with Crippen LogP contribution in [0.5, 0.6) is 0 Å². The van der Waals surface area contributed by atoms with Crippen LogP contribution < -0.4 is 0 Å². The summed E-state index contributed by atoms with van der Waals surface area (Å²) in [6.07, 6.45) is 1.13. The predicted octanol–water partition coefficient (Wildman–Crippen LogP) is 0.358. The summed E-state index contributed by atoms with van der Waals surface area (Å²) in [5.74, 6) is 1.14. The Hall–Kier alpha value is -0.120. The normalized spacial score (nSPS) is 49.2. The van der Waals surface area contributed by atoms with Crippen LogP contribution in [0.2, 0.25) is 0 Å². The van der Waals surface area contributed by atoms with Crippen LogP contribution in [0.3, 0.4) is 0 Å². The molecule has 5 unspecified atom stereocenters. The lowest BCUT2D eigenvalue weighted by Gasteiger charge is -2.15. The molecule has 3 heteroatoms. The molecule has 2 rings (SSSR count). The lowest BCUT2D eigenvalue weighted by molar-refractivity contribution is -0.0867. The van der Waals surface area contributed by atoms with Gasteiger partial charge in [0.25, 0.3) is 0 Å². The number of aliphatic hydroxyl groups excluding tert-OH is 2. The van der Waals surface area contributed by atoms with E-state index in [1.165, 1.54) is 0 Å². The maximum absolute atomic E-state index is 9.40. The van der Waals surface area contributed by atoms with Crippen LogP contribution in [-0.2, 0) is 4.74 Å². The summed E-state index contributed by atoms with van der Waals surface area (Å²) in [7, 11) is 0. The molecule has 0 bridgehead atoms. The first-order valence-corrected chi connectivity index (χ1v) is 4.66. The number of hydrogen-bond acceptors (Lipinski definition) is 3. The van der Waals surface area contributed by atoms with Gasteiger partial charge in [-0.3, -0.25) is 0 Å². The van der Waals surface area contributed by atoms with E-state index >= 15 is 0 Å². The molecule has 1 aliphatic heterocycles. The van der Waals surface area contributed by atoms with Crippen LogP contribution in [0.1, 0.15) is 19.8 Å². The minimum Gasteiger partial charge on any atom is -0.393 e. The Morgan fingerprint density at radius 3 is 2.75 bits per heavy atom. The second kappa shape index (κ2) is 2.98. The van der Waals surface area contributed by atoms with Crippen molar-refractivity contribution in [1.82, 2.24) is 0 Å². The SMILES string of the molecule is CC(O)C1CC2COC(O)C2C1. The Bertz CT molecular complexity index is 169. The molecule has 0 aromatic carbocycles. The summed E-state index contributed by atoms with van der Waals surface area (Å²) in [5, 5.41) is 18.8. The molecule has 70 valence electrons. The Balaban J connectivity index is 1.98. The van der Waals surface area contributed by atoms with Gasteiger partial charge >= 0.3 is 0 Å². The summed E-state index contributed by atoms with van der Waals surface area (Å²) in [6, 6.07) is 0. The van der Waals surface area contributed by atoms with Gasteiger partial charge in [-0.25, -0.2) is 0 Å². The molecule has 1 aliphatic carbocycles. The zero-order valence-electron chi connectivity index (χ0n) is 7.31. The van der Waals surface area contributed by atoms with Crippen LogP contribution in [0.25, 0.3) is 0 Å². The topological polar surface area (TPSA) is 49.7 Å². The predicted molar refractivity (Wildman–Crippen MR) is 43.3 cm³/mol. The third-order valence-corrected chi connectivity index (χ3v) is 3.32. The van der Waals surface area contributed by atoms with Crippen molar-refractivity contribution in [2.45, 2.75) is 32.2 Å². The summed E-state index contributed by atoms with van der Waals surface area (Å²) in [4.78, 5) is 0.